The molecule has 25 heavy (non-hydrogen) atoms. The Kier molecular flexibility index (Phi) is 3.81. The molecule has 0 saturated carbocycles. The first-order chi connectivity index (χ1) is 12.1. The van der Waals surface area contributed by atoms with Crippen molar-refractivity contribution in [2.24, 2.45) is 0 Å². The molecule has 0 aliphatic carbocycles. The molecule has 0 unspecified atom stereocenters. The van der Waals surface area contributed by atoms with Crippen molar-refractivity contribution in [2.75, 3.05) is 20.1 Å². The summed E-state index contributed by atoms with van der Waals surface area (Å²) in [5.41, 5.74) is 10.8. The third-order valence-electron chi connectivity index (χ3n) is 5.03. The Morgan fingerprint density at radius 1 is 1.24 bits per heavy atom. The van der Waals surface area contributed by atoms with Crippen LogP contribution in [0.2, 0.25) is 0 Å². The van der Waals surface area contributed by atoms with Crippen molar-refractivity contribution in [3.63, 3.8) is 0 Å². The second-order valence-corrected chi connectivity index (χ2v) is 6.58. The lowest BCUT2D eigenvalue weighted by Crippen LogP contribution is -2.38. The number of likely N-dealkylation sites (N-methyl/N-ethyl adjacent to an activating group) is 2. The molecule has 1 amide bonds. The van der Waals surface area contributed by atoms with Crippen molar-refractivity contribution in [2.45, 2.75) is 20.4 Å². The molecule has 5 heteroatoms. The Bertz CT molecular complexity index is 887. The highest BCUT2D eigenvalue weighted by atomic mass is 16.2. The van der Waals surface area contributed by atoms with Crippen molar-refractivity contribution < 1.29 is 4.79 Å². The highest BCUT2D eigenvalue weighted by Crippen LogP contribution is 2.35. The van der Waals surface area contributed by atoms with E-state index in [1.807, 2.05) is 31.2 Å². The van der Waals surface area contributed by atoms with Gasteiger partial charge in [-0.1, -0.05) is 18.2 Å². The molecule has 128 valence electrons. The Morgan fingerprint density at radius 3 is 2.84 bits per heavy atom. The molecule has 0 atom stereocenters. The number of benzene rings is 1. The molecule has 2 aliphatic heterocycles. The van der Waals surface area contributed by atoms with E-state index in [-0.39, 0.29) is 5.91 Å². The predicted molar refractivity (Wildman–Crippen MR) is 98.2 cm³/mol. The van der Waals surface area contributed by atoms with Crippen molar-refractivity contribution in [1.29, 1.82) is 0 Å². The number of pyridine rings is 1. The summed E-state index contributed by atoms with van der Waals surface area (Å²) < 4.78 is 0. The topological polar surface area (TPSA) is 48.5 Å². The molecule has 2 aromatic rings. The van der Waals surface area contributed by atoms with Gasteiger partial charge in [0.1, 0.15) is 5.70 Å². The van der Waals surface area contributed by atoms with E-state index in [4.69, 9.17) is 0 Å². The maximum absolute atomic E-state index is 12.9. The normalized spacial score (nSPS) is 16.8. The first kappa shape index (κ1) is 15.8. The molecule has 4 rings (SSSR count). The fraction of sp³-hybridized carbons (Fsp3) is 0.300. The quantitative estimate of drug-likeness (QED) is 0.917. The van der Waals surface area contributed by atoms with Gasteiger partial charge in [-0.15, -0.1) is 0 Å². The van der Waals surface area contributed by atoms with E-state index in [1.165, 1.54) is 5.56 Å². The van der Waals surface area contributed by atoms with Gasteiger partial charge >= 0.3 is 0 Å². The Hall–Kier alpha value is -2.66. The summed E-state index contributed by atoms with van der Waals surface area (Å²) in [4.78, 5) is 19.1. The van der Waals surface area contributed by atoms with Crippen LogP contribution in [0.1, 0.15) is 23.7 Å². The monoisotopic (exact) mass is 334 g/mol. The number of hydrogen-bond acceptors (Lipinski definition) is 4. The van der Waals surface area contributed by atoms with Gasteiger partial charge in [-0.25, -0.2) is 5.43 Å². The SMILES string of the molecule is CCN1NCC2=C1C(=O)N(C)Cc1ccc(-c3cccnc3C)cc12. The summed E-state index contributed by atoms with van der Waals surface area (Å²) in [6, 6.07) is 10.5. The minimum atomic E-state index is 0.0807. The van der Waals surface area contributed by atoms with Crippen LogP contribution in [-0.4, -0.2) is 40.9 Å². The third-order valence-corrected chi connectivity index (χ3v) is 5.03. The number of nitrogens with one attached hydrogen (secondary N) is 1. The summed E-state index contributed by atoms with van der Waals surface area (Å²) in [5, 5.41) is 1.96. The number of carbonyl (C=O) groups is 1. The zero-order valence-electron chi connectivity index (χ0n) is 14.8. The van der Waals surface area contributed by atoms with Gasteiger partial charge < -0.3 is 9.91 Å². The van der Waals surface area contributed by atoms with Crippen LogP contribution in [0.25, 0.3) is 16.7 Å². The summed E-state index contributed by atoms with van der Waals surface area (Å²) in [6.45, 7) is 6.15. The van der Waals surface area contributed by atoms with Gasteiger partial charge in [-0.05, 0) is 42.7 Å². The third kappa shape index (κ3) is 2.51. The van der Waals surface area contributed by atoms with Crippen LogP contribution in [0.3, 0.4) is 0 Å². The molecule has 1 aromatic carbocycles. The van der Waals surface area contributed by atoms with E-state index in [2.05, 4.69) is 41.6 Å². The lowest BCUT2D eigenvalue weighted by atomic mass is 9.94. The van der Waals surface area contributed by atoms with Crippen molar-refractivity contribution in [3.05, 3.63) is 59.0 Å². The minimum Gasteiger partial charge on any atom is -0.336 e. The fourth-order valence-corrected chi connectivity index (χ4v) is 3.70. The van der Waals surface area contributed by atoms with Crippen molar-refractivity contribution in [1.82, 2.24) is 20.3 Å². The van der Waals surface area contributed by atoms with Gasteiger partial charge in [-0.3, -0.25) is 9.78 Å². The second-order valence-electron chi connectivity index (χ2n) is 6.58. The van der Waals surface area contributed by atoms with Gasteiger partial charge in [0.05, 0.1) is 0 Å². The molecule has 0 radical (unpaired) electrons. The maximum Gasteiger partial charge on any atom is 0.271 e. The number of aromatic nitrogens is 1. The molecule has 3 heterocycles. The molecular weight excluding hydrogens is 312 g/mol. The predicted octanol–water partition coefficient (Wildman–Crippen LogP) is 2.58. The van der Waals surface area contributed by atoms with Crippen molar-refractivity contribution >= 4 is 11.5 Å². The Morgan fingerprint density at radius 2 is 2.08 bits per heavy atom. The minimum absolute atomic E-state index is 0.0807. The summed E-state index contributed by atoms with van der Waals surface area (Å²) in [7, 11) is 1.87. The first-order valence-corrected chi connectivity index (χ1v) is 8.65. The standard InChI is InChI=1S/C20H22N4O/c1-4-24-19-18(11-22-24)17-10-14(16-6-5-9-21-13(16)2)7-8-15(17)12-23(3)20(19)25/h5-10,22H,4,11-12H2,1-3H3. The average molecular weight is 334 g/mol. The summed E-state index contributed by atoms with van der Waals surface area (Å²) >= 11 is 0. The largest absolute Gasteiger partial charge is 0.336 e. The number of aryl methyl sites for hydroxylation is 1. The van der Waals surface area contributed by atoms with Gasteiger partial charge in [0.25, 0.3) is 5.91 Å². The van der Waals surface area contributed by atoms with Gasteiger partial charge in [-0.2, -0.15) is 0 Å². The van der Waals surface area contributed by atoms with E-state index >= 15 is 0 Å². The Labute approximate surface area is 147 Å². The maximum atomic E-state index is 12.9. The van der Waals surface area contributed by atoms with Crippen LogP contribution in [0.5, 0.6) is 0 Å². The smallest absolute Gasteiger partial charge is 0.271 e. The highest BCUT2D eigenvalue weighted by Gasteiger charge is 2.33. The fourth-order valence-electron chi connectivity index (χ4n) is 3.70. The first-order valence-electron chi connectivity index (χ1n) is 8.65. The zero-order valence-corrected chi connectivity index (χ0v) is 14.8. The highest BCUT2D eigenvalue weighted by molar-refractivity contribution is 6.03. The lowest BCUT2D eigenvalue weighted by molar-refractivity contribution is -0.128. The molecule has 0 saturated heterocycles. The molecule has 2 aliphatic rings. The molecule has 0 spiro atoms. The van der Waals surface area contributed by atoms with Gasteiger partial charge in [0.15, 0.2) is 0 Å². The van der Waals surface area contributed by atoms with Crippen LogP contribution in [0, 0.1) is 6.92 Å². The number of nitrogens with zero attached hydrogens (tertiary/aromatic N) is 3. The van der Waals surface area contributed by atoms with Crippen LogP contribution < -0.4 is 5.43 Å². The number of carbonyl (C=O) groups excluding carboxylic acids is 1. The van der Waals surface area contributed by atoms with E-state index in [0.29, 0.717) is 13.1 Å². The summed E-state index contributed by atoms with van der Waals surface area (Å²) in [5.74, 6) is 0.0807. The van der Waals surface area contributed by atoms with E-state index in [9.17, 15) is 4.79 Å². The van der Waals surface area contributed by atoms with Gasteiger partial charge in [0.2, 0.25) is 0 Å². The van der Waals surface area contributed by atoms with Crippen LogP contribution in [0.4, 0.5) is 0 Å². The van der Waals surface area contributed by atoms with E-state index in [0.717, 1.165) is 40.2 Å². The number of hydrazine groups is 1. The van der Waals surface area contributed by atoms with Crippen molar-refractivity contribution in [3.8, 4) is 11.1 Å². The molecule has 1 N–H and O–H groups in total. The average Bonchev–Trinajstić information content (AvgIpc) is 3.01. The van der Waals surface area contributed by atoms with E-state index in [1.54, 1.807) is 4.90 Å². The lowest BCUT2D eigenvalue weighted by Gasteiger charge is -2.23. The Balaban J connectivity index is 1.91. The number of rotatable bonds is 2. The number of fused-ring (bicyclic) bond motifs is 2. The molecule has 0 fully saturated rings. The molecule has 5 nitrogen and oxygen atoms in total. The molecular formula is C20H22N4O. The molecule has 1 aromatic heterocycles. The number of amides is 1. The van der Waals surface area contributed by atoms with Crippen LogP contribution >= 0.6 is 0 Å². The summed E-state index contributed by atoms with van der Waals surface area (Å²) in [6.07, 6.45) is 1.82. The van der Waals surface area contributed by atoms with Crippen LogP contribution in [0.15, 0.2) is 42.2 Å². The second kappa shape index (κ2) is 6.01. The number of hydrogen-bond donors (Lipinski definition) is 1. The zero-order chi connectivity index (χ0) is 17.6. The van der Waals surface area contributed by atoms with Gasteiger partial charge in [0, 0.05) is 49.7 Å². The van der Waals surface area contributed by atoms with E-state index < -0.39 is 0 Å². The molecule has 0 bridgehead atoms. The van der Waals surface area contributed by atoms with Crippen LogP contribution in [-0.2, 0) is 11.3 Å².